The molecule has 0 bridgehead atoms. The van der Waals surface area contributed by atoms with E-state index < -0.39 is 0 Å². The standard InChI is InChI=1S/C58H60/c1-55(2,3)42-28-23-39(24-29-42)50-46-36-44(57(7,8)9)32-27-41(46)35-47-51(38-21-17-14-18-22-38)53-45(49(54(47)50)37-19-15-13-16-20-37)33-34-48(58(10,11)12)52(53)40-25-30-43(31-26-40)56(4,5)6/h13-36H,1-12H3. The van der Waals surface area contributed by atoms with E-state index in [-0.39, 0.29) is 21.7 Å². The molecule has 58 heavy (non-hydrogen) atoms. The van der Waals surface area contributed by atoms with Gasteiger partial charge in [-0.3, -0.25) is 0 Å². The van der Waals surface area contributed by atoms with Gasteiger partial charge in [0.2, 0.25) is 0 Å². The van der Waals surface area contributed by atoms with Gasteiger partial charge in [0.25, 0.3) is 0 Å². The zero-order valence-corrected chi connectivity index (χ0v) is 36.9. The highest BCUT2D eigenvalue weighted by atomic mass is 14.3. The van der Waals surface area contributed by atoms with E-state index in [1.54, 1.807) is 0 Å². The minimum absolute atomic E-state index is 0.00184. The van der Waals surface area contributed by atoms with Crippen LogP contribution in [0.1, 0.15) is 105 Å². The molecule has 8 aromatic carbocycles. The second kappa shape index (κ2) is 14.1. The minimum Gasteiger partial charge on any atom is -0.0622 e. The number of hydrogen-bond donors (Lipinski definition) is 0. The van der Waals surface area contributed by atoms with Gasteiger partial charge in [-0.15, -0.1) is 0 Å². The summed E-state index contributed by atoms with van der Waals surface area (Å²) in [5.74, 6) is 0. The van der Waals surface area contributed by atoms with E-state index in [0.29, 0.717) is 0 Å². The average molecular weight is 757 g/mol. The molecular formula is C58H60. The van der Waals surface area contributed by atoms with Crippen LogP contribution in [0.3, 0.4) is 0 Å². The van der Waals surface area contributed by atoms with Gasteiger partial charge in [-0.2, -0.15) is 0 Å². The van der Waals surface area contributed by atoms with Crippen LogP contribution in [0, 0.1) is 0 Å². The van der Waals surface area contributed by atoms with Crippen molar-refractivity contribution in [1.29, 1.82) is 0 Å². The Kier molecular flexibility index (Phi) is 9.59. The van der Waals surface area contributed by atoms with E-state index in [1.807, 2.05) is 0 Å². The van der Waals surface area contributed by atoms with Crippen LogP contribution in [0.25, 0.3) is 76.8 Å². The zero-order chi connectivity index (χ0) is 41.4. The van der Waals surface area contributed by atoms with Gasteiger partial charge in [-0.25, -0.2) is 0 Å². The molecule has 0 saturated heterocycles. The van der Waals surface area contributed by atoms with Crippen molar-refractivity contribution in [1.82, 2.24) is 0 Å². The maximum atomic E-state index is 2.51. The third kappa shape index (κ3) is 7.06. The first-order valence-corrected chi connectivity index (χ1v) is 21.2. The van der Waals surface area contributed by atoms with E-state index in [4.69, 9.17) is 0 Å². The molecule has 0 nitrogen and oxygen atoms in total. The van der Waals surface area contributed by atoms with Crippen molar-refractivity contribution in [2.24, 2.45) is 0 Å². The summed E-state index contributed by atoms with van der Waals surface area (Å²) >= 11 is 0. The van der Waals surface area contributed by atoms with Crippen LogP contribution in [0.5, 0.6) is 0 Å². The topological polar surface area (TPSA) is 0 Å². The molecule has 0 saturated carbocycles. The lowest BCUT2D eigenvalue weighted by atomic mass is 9.74. The lowest BCUT2D eigenvalue weighted by Gasteiger charge is -2.29. The predicted molar refractivity (Wildman–Crippen MR) is 256 cm³/mol. The van der Waals surface area contributed by atoms with Crippen molar-refractivity contribution in [3.63, 3.8) is 0 Å². The molecule has 8 aromatic rings. The average Bonchev–Trinajstić information content (AvgIpc) is 3.18. The predicted octanol–water partition coefficient (Wildman–Crippen LogP) is 17.0. The first kappa shape index (κ1) is 39.4. The highest BCUT2D eigenvalue weighted by molar-refractivity contribution is 6.31. The molecule has 0 heteroatoms. The van der Waals surface area contributed by atoms with Crippen LogP contribution < -0.4 is 0 Å². The second-order valence-corrected chi connectivity index (χ2v) is 20.7. The quantitative estimate of drug-likeness (QED) is 0.157. The Morgan fingerprint density at radius 2 is 0.672 bits per heavy atom. The van der Waals surface area contributed by atoms with Crippen LogP contribution in [0.4, 0.5) is 0 Å². The van der Waals surface area contributed by atoms with Crippen molar-refractivity contribution < 1.29 is 0 Å². The molecule has 0 spiro atoms. The normalized spacial score (nSPS) is 12.8. The van der Waals surface area contributed by atoms with Crippen LogP contribution in [-0.4, -0.2) is 0 Å². The third-order valence-corrected chi connectivity index (χ3v) is 12.3. The number of rotatable bonds is 4. The monoisotopic (exact) mass is 756 g/mol. The Balaban J connectivity index is 1.68. The molecule has 0 fully saturated rings. The van der Waals surface area contributed by atoms with Crippen LogP contribution >= 0.6 is 0 Å². The lowest BCUT2D eigenvalue weighted by molar-refractivity contribution is 0.589. The third-order valence-electron chi connectivity index (χ3n) is 12.3. The van der Waals surface area contributed by atoms with Gasteiger partial charge in [0.05, 0.1) is 0 Å². The van der Waals surface area contributed by atoms with Gasteiger partial charge >= 0.3 is 0 Å². The van der Waals surface area contributed by atoms with E-state index in [1.165, 1.54) is 99.1 Å². The molecule has 0 aliphatic carbocycles. The molecule has 292 valence electrons. The fraction of sp³-hybridized carbons (Fsp3) is 0.276. The van der Waals surface area contributed by atoms with Crippen LogP contribution in [0.2, 0.25) is 0 Å². The number of fused-ring (bicyclic) bond motifs is 3. The highest BCUT2D eigenvalue weighted by Crippen LogP contribution is 2.53. The van der Waals surface area contributed by atoms with E-state index in [2.05, 4.69) is 229 Å². The largest absolute Gasteiger partial charge is 0.0622 e. The summed E-state index contributed by atoms with van der Waals surface area (Å²) in [5.41, 5.74) is 15.6. The highest BCUT2D eigenvalue weighted by Gasteiger charge is 2.29. The lowest BCUT2D eigenvalue weighted by Crippen LogP contribution is -2.14. The molecule has 0 N–H and O–H groups in total. The van der Waals surface area contributed by atoms with Gasteiger partial charge in [0, 0.05) is 0 Å². The minimum atomic E-state index is -0.102. The molecule has 0 aliphatic heterocycles. The summed E-state index contributed by atoms with van der Waals surface area (Å²) in [6.45, 7) is 27.9. The van der Waals surface area contributed by atoms with Crippen LogP contribution in [0.15, 0.2) is 146 Å². The zero-order valence-electron chi connectivity index (χ0n) is 36.9. The van der Waals surface area contributed by atoms with Crippen molar-refractivity contribution >= 4 is 32.3 Å². The van der Waals surface area contributed by atoms with Gasteiger partial charge in [0.1, 0.15) is 0 Å². The molecule has 0 atom stereocenters. The molecule has 0 radical (unpaired) electrons. The van der Waals surface area contributed by atoms with Gasteiger partial charge in [-0.1, -0.05) is 217 Å². The number of benzene rings is 8. The molecular weight excluding hydrogens is 697 g/mol. The van der Waals surface area contributed by atoms with E-state index in [9.17, 15) is 0 Å². The van der Waals surface area contributed by atoms with E-state index >= 15 is 0 Å². The van der Waals surface area contributed by atoms with Crippen molar-refractivity contribution in [3.8, 4) is 44.5 Å². The molecule has 8 rings (SSSR count). The first-order valence-electron chi connectivity index (χ1n) is 21.2. The fourth-order valence-electron chi connectivity index (χ4n) is 8.97. The Hall–Kier alpha value is -5.46. The fourth-order valence-corrected chi connectivity index (χ4v) is 8.97. The Labute approximate surface area is 348 Å². The summed E-state index contributed by atoms with van der Waals surface area (Å²) in [6, 6.07) is 55.8. The second-order valence-electron chi connectivity index (χ2n) is 20.7. The summed E-state index contributed by atoms with van der Waals surface area (Å²) in [4.78, 5) is 0. The summed E-state index contributed by atoms with van der Waals surface area (Å²) in [5, 5.41) is 7.73. The maximum absolute atomic E-state index is 2.51. The molecule has 0 aliphatic rings. The smallest absolute Gasteiger partial charge is 0.000764 e. The van der Waals surface area contributed by atoms with Crippen LogP contribution in [-0.2, 0) is 21.7 Å². The molecule has 0 aromatic heterocycles. The van der Waals surface area contributed by atoms with Crippen molar-refractivity contribution in [3.05, 3.63) is 168 Å². The van der Waals surface area contributed by atoms with Crippen molar-refractivity contribution in [2.75, 3.05) is 0 Å². The molecule has 0 unspecified atom stereocenters. The Bertz CT molecular complexity index is 2790. The summed E-state index contributed by atoms with van der Waals surface area (Å²) in [7, 11) is 0. The first-order chi connectivity index (χ1) is 27.3. The van der Waals surface area contributed by atoms with Crippen molar-refractivity contribution in [2.45, 2.75) is 105 Å². The van der Waals surface area contributed by atoms with Gasteiger partial charge in [-0.05, 0) is 133 Å². The SMILES string of the molecule is CC(C)(C)c1ccc(-c2c(C(C)(C)C)ccc3c(-c4ccccc4)c4c(-c5ccc(C(C)(C)C)cc5)c5cc(C(C)(C)C)ccc5cc4c(-c4ccccc4)c23)cc1. The maximum Gasteiger partial charge on any atom is -0.000764 e. The molecule has 0 heterocycles. The summed E-state index contributed by atoms with van der Waals surface area (Å²) in [6.07, 6.45) is 0. The van der Waals surface area contributed by atoms with Gasteiger partial charge in [0.15, 0.2) is 0 Å². The Morgan fingerprint density at radius 1 is 0.276 bits per heavy atom. The summed E-state index contributed by atoms with van der Waals surface area (Å²) < 4.78 is 0. The van der Waals surface area contributed by atoms with Gasteiger partial charge < -0.3 is 0 Å². The van der Waals surface area contributed by atoms with E-state index in [0.717, 1.165) is 0 Å². The number of hydrogen-bond acceptors (Lipinski definition) is 0. The molecule has 0 amide bonds. The Morgan fingerprint density at radius 3 is 1.14 bits per heavy atom.